The van der Waals surface area contributed by atoms with Gasteiger partial charge in [0, 0.05) is 25.2 Å². The number of aromatic nitrogens is 1. The smallest absolute Gasteiger partial charge is 0.270 e. The molecule has 0 spiro atoms. The number of ether oxygens (including phenoxy) is 2. The molecule has 0 aliphatic carbocycles. The summed E-state index contributed by atoms with van der Waals surface area (Å²) in [6.07, 6.45) is 2.15. The van der Waals surface area contributed by atoms with E-state index in [0.29, 0.717) is 35.9 Å². The first kappa shape index (κ1) is 20.4. The number of benzene rings is 2. The Kier molecular flexibility index (Phi) is 5.84. The summed E-state index contributed by atoms with van der Waals surface area (Å²) >= 11 is 0. The largest absolute Gasteiger partial charge is 0.497 e. The lowest BCUT2D eigenvalue weighted by Gasteiger charge is -2.34. The van der Waals surface area contributed by atoms with Crippen LogP contribution in [0.2, 0.25) is 0 Å². The highest BCUT2D eigenvalue weighted by atomic mass is 16.5. The van der Waals surface area contributed by atoms with Crippen molar-refractivity contribution in [2.24, 2.45) is 0 Å². The molecular formula is C24H23N3O4. The number of amides is 2. The second-order valence-corrected chi connectivity index (χ2v) is 7.20. The van der Waals surface area contributed by atoms with E-state index in [1.807, 2.05) is 42.5 Å². The second kappa shape index (κ2) is 8.87. The molecule has 1 atom stereocenters. The Hall–Kier alpha value is -3.87. The monoisotopic (exact) mass is 417 g/mol. The minimum atomic E-state index is -0.274. The van der Waals surface area contributed by atoms with E-state index in [1.165, 1.54) is 6.20 Å². The van der Waals surface area contributed by atoms with Gasteiger partial charge in [0.05, 0.1) is 19.3 Å². The predicted octanol–water partition coefficient (Wildman–Crippen LogP) is 4.11. The van der Waals surface area contributed by atoms with Gasteiger partial charge >= 0.3 is 0 Å². The number of carbonyl (C=O) groups excluding carboxylic acids is 2. The van der Waals surface area contributed by atoms with Crippen LogP contribution in [0.1, 0.15) is 35.4 Å². The average molecular weight is 417 g/mol. The molecule has 1 N–H and O–H groups in total. The van der Waals surface area contributed by atoms with E-state index in [4.69, 9.17) is 9.47 Å². The van der Waals surface area contributed by atoms with Gasteiger partial charge in [-0.25, -0.2) is 4.98 Å². The third-order valence-corrected chi connectivity index (χ3v) is 5.18. The number of fused-ring (bicyclic) bond motifs is 1. The average Bonchev–Trinajstić information content (AvgIpc) is 2.79. The maximum Gasteiger partial charge on any atom is 0.270 e. The van der Waals surface area contributed by atoms with E-state index >= 15 is 0 Å². The Morgan fingerprint density at radius 3 is 2.58 bits per heavy atom. The molecule has 1 aromatic heterocycles. The summed E-state index contributed by atoms with van der Waals surface area (Å²) in [5, 5.41) is 3.04. The Morgan fingerprint density at radius 1 is 1.03 bits per heavy atom. The van der Waals surface area contributed by atoms with Gasteiger partial charge in [-0.05, 0) is 42.3 Å². The number of rotatable bonds is 5. The number of hydrogen-bond donors (Lipinski definition) is 1. The number of nitrogens with one attached hydrogen (secondary N) is 1. The third-order valence-electron chi connectivity index (χ3n) is 5.18. The fourth-order valence-electron chi connectivity index (χ4n) is 3.65. The Morgan fingerprint density at radius 2 is 1.84 bits per heavy atom. The quantitative estimate of drug-likeness (QED) is 0.676. The van der Waals surface area contributed by atoms with E-state index in [0.717, 1.165) is 11.3 Å². The molecule has 0 fully saturated rings. The van der Waals surface area contributed by atoms with Crippen LogP contribution in [0.25, 0.3) is 0 Å². The summed E-state index contributed by atoms with van der Waals surface area (Å²) in [5.41, 5.74) is 2.06. The molecule has 158 valence electrons. The van der Waals surface area contributed by atoms with Crippen LogP contribution in [-0.2, 0) is 4.79 Å². The summed E-state index contributed by atoms with van der Waals surface area (Å²) in [5.74, 6) is 1.55. The molecule has 7 nitrogen and oxygen atoms in total. The molecule has 4 rings (SSSR count). The molecule has 1 aliphatic rings. The van der Waals surface area contributed by atoms with Crippen LogP contribution in [0, 0.1) is 0 Å². The Bertz CT molecular complexity index is 1100. The SMILES string of the molecule is COc1cccc(Oc2ccc(C(=O)NC3CCN(C(C)=O)c4ccccc43)nc2)c1. The predicted molar refractivity (Wildman–Crippen MR) is 117 cm³/mol. The van der Waals surface area contributed by atoms with Crippen LogP contribution in [-0.4, -0.2) is 30.5 Å². The number of nitrogens with zero attached hydrogens (tertiary/aromatic N) is 2. The van der Waals surface area contributed by atoms with Crippen LogP contribution in [0.3, 0.4) is 0 Å². The fourth-order valence-corrected chi connectivity index (χ4v) is 3.65. The molecule has 7 heteroatoms. The van der Waals surface area contributed by atoms with Crippen molar-refractivity contribution in [1.82, 2.24) is 10.3 Å². The van der Waals surface area contributed by atoms with E-state index in [1.54, 1.807) is 37.1 Å². The molecule has 1 aliphatic heterocycles. The van der Waals surface area contributed by atoms with E-state index < -0.39 is 0 Å². The summed E-state index contributed by atoms with van der Waals surface area (Å²) in [7, 11) is 1.59. The zero-order valence-electron chi connectivity index (χ0n) is 17.4. The standard InChI is InChI=1S/C24H23N3O4/c1-16(28)27-13-12-21(20-8-3-4-9-23(20)27)26-24(29)22-11-10-19(15-25-22)31-18-7-5-6-17(14-18)30-2/h3-11,14-15,21H,12-13H2,1-2H3,(H,26,29). The van der Waals surface area contributed by atoms with Crippen molar-refractivity contribution in [3.63, 3.8) is 0 Å². The summed E-state index contributed by atoms with van der Waals surface area (Å²) in [6.45, 7) is 2.10. The summed E-state index contributed by atoms with van der Waals surface area (Å²) in [4.78, 5) is 30.7. The van der Waals surface area contributed by atoms with Gasteiger partial charge in [0.25, 0.3) is 5.91 Å². The first-order valence-corrected chi connectivity index (χ1v) is 10.0. The van der Waals surface area contributed by atoms with E-state index in [-0.39, 0.29) is 17.9 Å². The lowest BCUT2D eigenvalue weighted by atomic mass is 9.96. The van der Waals surface area contributed by atoms with Crippen LogP contribution >= 0.6 is 0 Å². The summed E-state index contributed by atoms with van der Waals surface area (Å²) in [6, 6.07) is 18.0. The second-order valence-electron chi connectivity index (χ2n) is 7.20. The first-order chi connectivity index (χ1) is 15.0. The molecular weight excluding hydrogens is 394 g/mol. The van der Waals surface area contributed by atoms with Crippen molar-refractivity contribution < 1.29 is 19.1 Å². The minimum Gasteiger partial charge on any atom is -0.497 e. The number of methoxy groups -OCH3 is 1. The van der Waals surface area contributed by atoms with Crippen LogP contribution in [0.4, 0.5) is 5.69 Å². The number of carbonyl (C=O) groups is 2. The highest BCUT2D eigenvalue weighted by Crippen LogP contribution is 2.34. The minimum absolute atomic E-state index is 0.00878. The molecule has 0 bridgehead atoms. The maximum absolute atomic E-state index is 12.8. The van der Waals surface area contributed by atoms with Gasteiger partial charge in [-0.15, -0.1) is 0 Å². The number of hydrogen-bond acceptors (Lipinski definition) is 5. The summed E-state index contributed by atoms with van der Waals surface area (Å²) < 4.78 is 11.0. The Labute approximate surface area is 180 Å². The van der Waals surface area contributed by atoms with Crippen LogP contribution in [0.15, 0.2) is 66.9 Å². The highest BCUT2D eigenvalue weighted by molar-refractivity contribution is 5.95. The molecule has 2 amide bonds. The Balaban J connectivity index is 1.45. The number of para-hydroxylation sites is 1. The van der Waals surface area contributed by atoms with Gasteiger partial charge in [0.2, 0.25) is 5.91 Å². The number of anilines is 1. The molecule has 0 saturated heterocycles. The first-order valence-electron chi connectivity index (χ1n) is 10.0. The molecule has 1 unspecified atom stereocenters. The lowest BCUT2D eigenvalue weighted by Crippen LogP contribution is -2.40. The third kappa shape index (κ3) is 4.50. The zero-order valence-corrected chi connectivity index (χ0v) is 17.4. The van der Waals surface area contributed by atoms with Crippen molar-refractivity contribution in [2.75, 3.05) is 18.6 Å². The molecule has 2 heterocycles. The van der Waals surface area contributed by atoms with Gasteiger partial charge in [-0.3, -0.25) is 9.59 Å². The van der Waals surface area contributed by atoms with E-state index in [9.17, 15) is 9.59 Å². The van der Waals surface area contributed by atoms with Crippen molar-refractivity contribution in [2.45, 2.75) is 19.4 Å². The van der Waals surface area contributed by atoms with Crippen molar-refractivity contribution in [1.29, 1.82) is 0 Å². The molecule has 0 radical (unpaired) electrons. The molecule has 3 aromatic rings. The van der Waals surface area contributed by atoms with E-state index in [2.05, 4.69) is 10.3 Å². The number of pyridine rings is 1. The zero-order chi connectivity index (χ0) is 21.8. The van der Waals surface area contributed by atoms with Gasteiger partial charge < -0.3 is 19.7 Å². The topological polar surface area (TPSA) is 80.8 Å². The molecule has 2 aromatic carbocycles. The molecule has 0 saturated carbocycles. The van der Waals surface area contributed by atoms with Crippen LogP contribution in [0.5, 0.6) is 17.2 Å². The van der Waals surface area contributed by atoms with Gasteiger partial charge in [-0.2, -0.15) is 0 Å². The van der Waals surface area contributed by atoms with Gasteiger partial charge in [-0.1, -0.05) is 24.3 Å². The normalized spacial score (nSPS) is 15.0. The highest BCUT2D eigenvalue weighted by Gasteiger charge is 2.28. The lowest BCUT2D eigenvalue weighted by molar-refractivity contribution is -0.116. The van der Waals surface area contributed by atoms with Crippen molar-refractivity contribution in [3.05, 3.63) is 78.1 Å². The maximum atomic E-state index is 12.8. The fraction of sp³-hybridized carbons (Fsp3) is 0.208. The van der Waals surface area contributed by atoms with Gasteiger partial charge in [0.1, 0.15) is 22.9 Å². The van der Waals surface area contributed by atoms with Crippen LogP contribution < -0.4 is 19.7 Å². The van der Waals surface area contributed by atoms with Crippen molar-refractivity contribution >= 4 is 17.5 Å². The van der Waals surface area contributed by atoms with Crippen molar-refractivity contribution in [3.8, 4) is 17.2 Å². The molecule has 31 heavy (non-hydrogen) atoms. The van der Waals surface area contributed by atoms with Gasteiger partial charge in [0.15, 0.2) is 0 Å².